The van der Waals surface area contributed by atoms with Gasteiger partial charge in [-0.3, -0.25) is 14.3 Å². The second-order valence-electron chi connectivity index (χ2n) is 9.05. The van der Waals surface area contributed by atoms with Crippen LogP contribution in [0, 0.1) is 31.6 Å². The minimum absolute atomic E-state index is 0.0351. The second kappa shape index (κ2) is 7.00. The number of nitrogens with one attached hydrogen (secondary N) is 2. The normalized spacial score (nSPS) is 28.6. The highest BCUT2D eigenvalue weighted by Crippen LogP contribution is 2.53. The number of anilines is 1. The molecule has 3 saturated carbocycles. The van der Waals surface area contributed by atoms with Crippen LogP contribution in [-0.2, 0) is 11.8 Å². The number of benzene rings is 1. The number of rotatable bonds is 3. The van der Waals surface area contributed by atoms with Gasteiger partial charge in [0.05, 0.1) is 29.7 Å². The molecule has 4 aliphatic rings. The molecule has 2 amide bonds. The molecular formula is C23H28N4O4. The summed E-state index contributed by atoms with van der Waals surface area (Å²) in [5.41, 5.74) is 2.32. The molecule has 1 aromatic carbocycles. The first-order valence-corrected chi connectivity index (χ1v) is 10.8. The average molecular weight is 425 g/mol. The lowest BCUT2D eigenvalue weighted by Gasteiger charge is -2.55. The molecule has 8 heteroatoms. The first-order chi connectivity index (χ1) is 14.8. The van der Waals surface area contributed by atoms with Crippen LogP contribution in [0.1, 0.15) is 47.4 Å². The largest absolute Gasteiger partial charge is 0.497 e. The van der Waals surface area contributed by atoms with Gasteiger partial charge >= 0.3 is 0 Å². The number of amides is 2. The second-order valence-corrected chi connectivity index (χ2v) is 9.05. The standard InChI is InChI=1S/C23H28N4O4/c1-12-20(13(2)27(3)26-12)24-21(28)18-9-15-6-5-14(18)11-23(15)25-22(29)17-8-7-16(30-4)10-19(17)31-23/h7-8,10,14-15,18H,5-6,9,11H2,1-4H3,(H,24,28)(H,25,29)/t14-,15-,18+,23+/m1/s1. The van der Waals surface area contributed by atoms with E-state index in [4.69, 9.17) is 9.47 Å². The summed E-state index contributed by atoms with van der Waals surface area (Å²) in [5.74, 6) is 1.24. The number of nitrogens with zero attached hydrogens (tertiary/aromatic N) is 2. The van der Waals surface area contributed by atoms with Crippen molar-refractivity contribution in [2.45, 2.75) is 45.3 Å². The lowest BCUT2D eigenvalue weighted by Crippen LogP contribution is -2.66. The van der Waals surface area contributed by atoms with Crippen molar-refractivity contribution >= 4 is 17.5 Å². The van der Waals surface area contributed by atoms with Crippen molar-refractivity contribution in [1.29, 1.82) is 0 Å². The summed E-state index contributed by atoms with van der Waals surface area (Å²) in [4.78, 5) is 26.0. The van der Waals surface area contributed by atoms with Crippen LogP contribution in [0.25, 0.3) is 0 Å². The monoisotopic (exact) mass is 424 g/mol. The van der Waals surface area contributed by atoms with E-state index in [0.29, 0.717) is 29.9 Å². The van der Waals surface area contributed by atoms with E-state index in [1.807, 2.05) is 20.9 Å². The quantitative estimate of drug-likeness (QED) is 0.790. The highest BCUT2D eigenvalue weighted by atomic mass is 16.5. The van der Waals surface area contributed by atoms with Gasteiger partial charge in [0.25, 0.3) is 5.91 Å². The zero-order valence-electron chi connectivity index (χ0n) is 18.3. The summed E-state index contributed by atoms with van der Waals surface area (Å²) in [6.07, 6.45) is 3.20. The number of hydrogen-bond donors (Lipinski definition) is 2. The van der Waals surface area contributed by atoms with Crippen molar-refractivity contribution in [2.75, 3.05) is 12.4 Å². The van der Waals surface area contributed by atoms with Crippen molar-refractivity contribution in [3.05, 3.63) is 35.2 Å². The number of methoxy groups -OCH3 is 1. The van der Waals surface area contributed by atoms with Gasteiger partial charge in [0.15, 0.2) is 5.72 Å². The first-order valence-electron chi connectivity index (χ1n) is 10.8. The molecule has 0 unspecified atom stereocenters. The van der Waals surface area contributed by atoms with E-state index in [0.717, 1.165) is 29.9 Å². The van der Waals surface area contributed by atoms with E-state index < -0.39 is 5.72 Å². The Morgan fingerprint density at radius 3 is 2.81 bits per heavy atom. The highest BCUT2D eigenvalue weighted by Gasteiger charge is 2.57. The fourth-order valence-corrected chi connectivity index (χ4v) is 5.61. The van der Waals surface area contributed by atoms with Crippen LogP contribution in [-0.4, -0.2) is 34.4 Å². The SMILES string of the molecule is COc1ccc2c(c1)O[C@]1(C[C@H]3CC[C@@H]1C[C@@H]3C(=O)Nc1c(C)nn(C)c1C)NC2=O. The molecule has 8 nitrogen and oxygen atoms in total. The maximum atomic E-state index is 13.2. The van der Waals surface area contributed by atoms with Gasteiger partial charge in [0, 0.05) is 31.4 Å². The maximum Gasteiger partial charge on any atom is 0.258 e. The van der Waals surface area contributed by atoms with E-state index in [2.05, 4.69) is 15.7 Å². The Balaban J connectivity index is 1.37. The molecule has 0 saturated heterocycles. The molecule has 2 N–H and O–H groups in total. The smallest absolute Gasteiger partial charge is 0.258 e. The molecule has 6 rings (SSSR count). The van der Waals surface area contributed by atoms with E-state index in [1.54, 1.807) is 30.0 Å². The van der Waals surface area contributed by atoms with Gasteiger partial charge in [0.2, 0.25) is 5.91 Å². The molecule has 1 spiro atoms. The zero-order chi connectivity index (χ0) is 21.9. The number of carbonyl (C=O) groups excluding carboxylic acids is 2. The van der Waals surface area contributed by atoms with Crippen molar-refractivity contribution in [3.8, 4) is 11.5 Å². The first kappa shape index (κ1) is 19.9. The summed E-state index contributed by atoms with van der Waals surface area (Å²) >= 11 is 0. The van der Waals surface area contributed by atoms with Crippen LogP contribution in [0.3, 0.4) is 0 Å². The predicted octanol–water partition coefficient (Wildman–Crippen LogP) is 2.94. The third-order valence-corrected chi connectivity index (χ3v) is 7.36. The minimum atomic E-state index is -0.754. The van der Waals surface area contributed by atoms with E-state index in [9.17, 15) is 9.59 Å². The summed E-state index contributed by atoms with van der Waals surface area (Å²) < 4.78 is 13.5. The Labute approximate surface area is 181 Å². The molecule has 164 valence electrons. The van der Waals surface area contributed by atoms with Gasteiger partial charge in [0.1, 0.15) is 11.5 Å². The Hall–Kier alpha value is -3.03. The van der Waals surface area contributed by atoms with Crippen LogP contribution in [0.15, 0.2) is 18.2 Å². The van der Waals surface area contributed by atoms with Crippen LogP contribution >= 0.6 is 0 Å². The third-order valence-electron chi connectivity index (χ3n) is 7.36. The van der Waals surface area contributed by atoms with Crippen LogP contribution < -0.4 is 20.1 Å². The van der Waals surface area contributed by atoms with Crippen molar-refractivity contribution in [1.82, 2.24) is 15.1 Å². The topological polar surface area (TPSA) is 94.5 Å². The molecule has 1 aromatic heterocycles. The number of aromatic nitrogens is 2. The average Bonchev–Trinajstić information content (AvgIpc) is 2.99. The number of carbonyl (C=O) groups is 2. The predicted molar refractivity (Wildman–Crippen MR) is 114 cm³/mol. The van der Waals surface area contributed by atoms with Gasteiger partial charge in [-0.15, -0.1) is 0 Å². The fraction of sp³-hybridized carbons (Fsp3) is 0.522. The summed E-state index contributed by atoms with van der Waals surface area (Å²) in [6, 6.07) is 5.26. The highest BCUT2D eigenvalue weighted by molar-refractivity contribution is 5.99. The van der Waals surface area contributed by atoms with Crippen LogP contribution in [0.5, 0.6) is 11.5 Å². The van der Waals surface area contributed by atoms with Crippen LogP contribution in [0.4, 0.5) is 5.69 Å². The van der Waals surface area contributed by atoms with Crippen LogP contribution in [0.2, 0.25) is 0 Å². The Morgan fingerprint density at radius 1 is 1.35 bits per heavy atom. The van der Waals surface area contributed by atoms with E-state index in [-0.39, 0.29) is 29.6 Å². The molecule has 2 bridgehead atoms. The molecular weight excluding hydrogens is 396 g/mol. The summed E-state index contributed by atoms with van der Waals surface area (Å²) in [5, 5.41) is 10.7. The molecule has 31 heavy (non-hydrogen) atoms. The number of aryl methyl sites for hydroxylation is 2. The molecule has 0 radical (unpaired) electrons. The minimum Gasteiger partial charge on any atom is -0.497 e. The van der Waals surface area contributed by atoms with Gasteiger partial charge in [-0.2, -0.15) is 5.10 Å². The molecule has 2 heterocycles. The Kier molecular flexibility index (Phi) is 4.50. The van der Waals surface area contributed by atoms with Crippen molar-refractivity contribution in [3.63, 3.8) is 0 Å². The zero-order valence-corrected chi connectivity index (χ0v) is 18.3. The summed E-state index contributed by atoms with van der Waals surface area (Å²) in [7, 11) is 3.47. The van der Waals surface area contributed by atoms with Crippen molar-refractivity contribution in [2.24, 2.45) is 24.8 Å². The number of fused-ring (bicyclic) bond motifs is 3. The van der Waals surface area contributed by atoms with Gasteiger partial charge in [-0.25, -0.2) is 0 Å². The van der Waals surface area contributed by atoms with Gasteiger partial charge in [-0.05, 0) is 51.2 Å². The Bertz CT molecular complexity index is 1080. The third kappa shape index (κ3) is 3.07. The number of hydrogen-bond acceptors (Lipinski definition) is 5. The van der Waals surface area contributed by atoms with Gasteiger partial charge in [-0.1, -0.05) is 0 Å². The van der Waals surface area contributed by atoms with E-state index in [1.165, 1.54) is 0 Å². The lowest BCUT2D eigenvalue weighted by molar-refractivity contribution is -0.142. The number of ether oxygens (including phenoxy) is 2. The molecule has 2 aromatic rings. The van der Waals surface area contributed by atoms with Crippen molar-refractivity contribution < 1.29 is 19.1 Å². The van der Waals surface area contributed by atoms with Gasteiger partial charge < -0.3 is 20.1 Å². The fourth-order valence-electron chi connectivity index (χ4n) is 5.61. The molecule has 3 fully saturated rings. The molecule has 4 atom stereocenters. The molecule has 1 aliphatic heterocycles. The lowest BCUT2D eigenvalue weighted by atomic mass is 9.60. The molecule has 3 aliphatic carbocycles. The van der Waals surface area contributed by atoms with E-state index >= 15 is 0 Å². The maximum absolute atomic E-state index is 13.2. The Morgan fingerprint density at radius 2 is 2.16 bits per heavy atom. The summed E-state index contributed by atoms with van der Waals surface area (Å²) in [6.45, 7) is 3.86.